The van der Waals surface area contributed by atoms with Crippen LogP contribution in [0.5, 0.6) is 0 Å². The summed E-state index contributed by atoms with van der Waals surface area (Å²) in [4.78, 5) is 35.1. The number of pyridine rings is 8. The van der Waals surface area contributed by atoms with Gasteiger partial charge in [0.15, 0.2) is 0 Å². The molecule has 39 heteroatoms. The molecule has 3 saturated carbocycles. The number of nitrogen functional groups attached to an aromatic ring is 5. The van der Waals surface area contributed by atoms with Crippen LogP contribution in [0, 0.1) is 20.8 Å². The van der Waals surface area contributed by atoms with Gasteiger partial charge in [-0.3, -0.25) is 38.4 Å². The van der Waals surface area contributed by atoms with Crippen LogP contribution in [0.25, 0.3) is 145 Å². The second-order valence-electron chi connectivity index (χ2n) is 37.2. The Balaban J connectivity index is 0.000000112. The normalized spacial score (nSPS) is 14.4. The molecule has 692 valence electrons. The van der Waals surface area contributed by atoms with E-state index in [9.17, 15) is 0 Å². The number of hydrogen-bond acceptors (Lipinski definition) is 29. The number of nitrogens with zero attached hydrogens (tertiary/aromatic N) is 23. The van der Waals surface area contributed by atoms with Gasteiger partial charge < -0.3 is 56.0 Å². The molecule has 0 aromatic carbocycles. The molecule has 3 aliphatic carbocycles. The Labute approximate surface area is 794 Å². The first-order chi connectivity index (χ1) is 64.0. The predicted octanol–water partition coefficient (Wildman–Crippen LogP) is 22.8. The Hall–Kier alpha value is -13.0. The molecule has 0 radical (unpaired) electrons. The summed E-state index contributed by atoms with van der Waals surface area (Å²) >= 11 is 32.1. The van der Waals surface area contributed by atoms with Gasteiger partial charge in [0.2, 0.25) is 0 Å². The average Bonchev–Trinajstić information content (AvgIpc) is 1.59. The fraction of sp³-hybridized carbons (Fsp3) is 0.368. The van der Waals surface area contributed by atoms with Gasteiger partial charge >= 0.3 is 0 Å². The van der Waals surface area contributed by atoms with E-state index in [0.29, 0.717) is 169 Å². The van der Waals surface area contributed by atoms with Gasteiger partial charge in [0.1, 0.15) is 115 Å². The van der Waals surface area contributed by atoms with Crippen LogP contribution >= 0.6 is 58.0 Å². The summed E-state index contributed by atoms with van der Waals surface area (Å²) in [5.41, 5.74) is 49.0. The van der Waals surface area contributed by atoms with Gasteiger partial charge in [-0.25, -0.2) is 24.9 Å². The maximum absolute atomic E-state index is 6.49. The minimum atomic E-state index is -0.136. The number of aromatic nitrogens is 23. The van der Waals surface area contributed by atoms with E-state index in [-0.39, 0.29) is 41.0 Å². The molecule has 4 fully saturated rings. The van der Waals surface area contributed by atoms with Gasteiger partial charge in [0.05, 0.1) is 163 Å². The van der Waals surface area contributed by atoms with Crippen molar-refractivity contribution in [1.29, 1.82) is 0 Å². The van der Waals surface area contributed by atoms with E-state index in [1.54, 1.807) is 31.0 Å². The van der Waals surface area contributed by atoms with E-state index in [1.807, 2.05) is 180 Å². The monoisotopic (exact) mass is 1900 g/mol. The van der Waals surface area contributed by atoms with Crippen LogP contribution in [0.3, 0.4) is 0 Å². The van der Waals surface area contributed by atoms with Crippen molar-refractivity contribution >= 4 is 142 Å². The number of anilines is 5. The molecule has 0 unspecified atom stereocenters. The summed E-state index contributed by atoms with van der Waals surface area (Å²) in [5.74, 6) is 7.10. The van der Waals surface area contributed by atoms with E-state index in [2.05, 4.69) is 98.6 Å². The molecule has 0 bridgehead atoms. The maximum Gasteiger partial charge on any atom is 0.149 e. The quantitative estimate of drug-likeness (QED) is 0.0565. The molecular weight excluding hydrogens is 1810 g/mol. The van der Waals surface area contributed by atoms with Crippen molar-refractivity contribution in [2.45, 2.75) is 215 Å². The molecule has 34 nitrogen and oxygen atoms in total. The third kappa shape index (κ3) is 17.0. The number of rotatable bonds is 17. The lowest BCUT2D eigenvalue weighted by atomic mass is 9.85. The van der Waals surface area contributed by atoms with Crippen molar-refractivity contribution in [3.63, 3.8) is 0 Å². The predicted molar refractivity (Wildman–Crippen MR) is 521 cm³/mol. The fourth-order valence-corrected chi connectivity index (χ4v) is 17.5. The Kier molecular flexibility index (Phi) is 24.4. The average molecular weight is 1910 g/mol. The number of nitrogens with two attached hydrogens (primary N) is 5. The summed E-state index contributed by atoms with van der Waals surface area (Å²) in [5, 5.41) is 51.5. The third-order valence-corrected chi connectivity index (χ3v) is 25.2. The van der Waals surface area contributed by atoms with Gasteiger partial charge in [0.25, 0.3) is 0 Å². The molecule has 19 heterocycles. The van der Waals surface area contributed by atoms with Gasteiger partial charge in [-0.15, -0.1) is 0 Å². The van der Waals surface area contributed by atoms with Crippen LogP contribution in [0.15, 0.2) is 121 Å². The minimum Gasteiger partial charge on any atom is -0.383 e. The molecule has 0 spiro atoms. The fourth-order valence-electron chi connectivity index (χ4n) is 16.4. The standard InChI is InChI=1S/3C21H21ClN6O.C16H18ClN5O2.C16H20ClN5O/c2*1-10(2)28-19-13(22)9-25-21(23)16(19)17(26-28)18-15(14-7-4-11(3)8-24-14)20(29-27-18)12-5-6-12;1-10(2)28-19-13(22)9-24-21(23)16(19)17(26-28)18-15(14-6-4-5-11(3)25-14)20(29-27-18)12-7-8-12;1-8(2)22-14-9(17)5-19-15(18)12(14)13(20-22)10-4-11(24-21-10)16(3)6-23-7-16;1-8(2)22-14-9(17)7-19-15(18)12(14)13(20-22)10-6-11(23-21-10)16(3,4)5/h2*4,7-10,12H,5-6H2,1-3H3,(H2,23,25);4-6,9-10,12H,7-8H2,1-3H3,(H2,23,24);4-5,8H,6-7H2,1-3H3,(H2,18,19);6-8H,1-5H3,(H2,18,19). The van der Waals surface area contributed by atoms with Crippen molar-refractivity contribution in [3.8, 4) is 90.7 Å². The number of halogens is 5. The Morgan fingerprint density at radius 2 is 0.672 bits per heavy atom. The summed E-state index contributed by atoms with van der Waals surface area (Å²) in [7, 11) is 0. The molecule has 4 aliphatic rings. The molecule has 18 aromatic heterocycles. The zero-order chi connectivity index (χ0) is 94.9. The van der Waals surface area contributed by atoms with Crippen LogP contribution in [0.2, 0.25) is 25.1 Å². The molecule has 1 aliphatic heterocycles. The molecule has 22 rings (SSSR count). The first-order valence-corrected chi connectivity index (χ1v) is 46.3. The summed E-state index contributed by atoms with van der Waals surface area (Å²) in [6.07, 6.45) is 18.0. The second-order valence-corrected chi connectivity index (χ2v) is 39.2. The first-order valence-electron chi connectivity index (χ1n) is 44.4. The lowest BCUT2D eigenvalue weighted by molar-refractivity contribution is -0.0619. The van der Waals surface area contributed by atoms with E-state index >= 15 is 0 Å². The smallest absolute Gasteiger partial charge is 0.149 e. The summed E-state index contributed by atoms with van der Waals surface area (Å²) in [6, 6.07) is 18.3. The third-order valence-electron chi connectivity index (χ3n) is 23.8. The number of hydrogen-bond donors (Lipinski definition) is 5. The molecular formula is C95H101Cl5N28O6. The molecule has 0 amide bonds. The SMILES string of the molecule is CC(C)n1nc(-c2cc(C(C)(C)C)on2)c2c(N)ncc(Cl)c21.CC(C)n1nc(-c2cc(C3(C)COC3)on2)c2c(N)ncc(Cl)c21.Cc1ccc(-c2c(-c3nn(C(C)C)c4c(Cl)cnc(N)c34)noc2C2CC2)nc1.Cc1ccc(-c2c(-c3nn(C(C)C)c4c(Cl)cnc(N)c34)noc2C2CC2)nc1.Cc1cccc(-c2c(-c3nn(C(C)C)c4c(Cl)cnc(N)c34)noc2C2CC2)n1. The van der Waals surface area contributed by atoms with Crippen LogP contribution in [0.4, 0.5) is 29.1 Å². The van der Waals surface area contributed by atoms with Crippen LogP contribution in [-0.2, 0) is 15.6 Å². The molecule has 1 saturated heterocycles. The molecule has 0 atom stereocenters. The van der Waals surface area contributed by atoms with Crippen LogP contribution in [0.1, 0.15) is 229 Å². The number of aryl methyl sites for hydroxylation is 3. The Morgan fingerprint density at radius 3 is 0.955 bits per heavy atom. The van der Waals surface area contributed by atoms with E-state index in [0.717, 1.165) is 146 Å². The number of ether oxygens (including phenoxy) is 1. The molecule has 10 N–H and O–H groups in total. The highest BCUT2D eigenvalue weighted by molar-refractivity contribution is 6.38. The van der Waals surface area contributed by atoms with Crippen LogP contribution in [-0.4, -0.2) is 128 Å². The van der Waals surface area contributed by atoms with E-state index in [4.69, 9.17) is 134 Å². The first kappa shape index (κ1) is 91.5. The number of fused-ring (bicyclic) bond motifs is 5. The highest BCUT2D eigenvalue weighted by atomic mass is 35.5. The van der Waals surface area contributed by atoms with Crippen molar-refractivity contribution in [3.05, 3.63) is 169 Å². The lowest BCUT2D eigenvalue weighted by Crippen LogP contribution is -2.43. The second kappa shape index (κ2) is 35.8. The largest absolute Gasteiger partial charge is 0.383 e. The topological polar surface area (TPSA) is 462 Å². The Morgan fingerprint density at radius 1 is 0.358 bits per heavy atom. The van der Waals surface area contributed by atoms with Gasteiger partial charge in [0, 0.05) is 83.6 Å². The van der Waals surface area contributed by atoms with Crippen LogP contribution < -0.4 is 28.7 Å². The van der Waals surface area contributed by atoms with E-state index < -0.39 is 0 Å². The van der Waals surface area contributed by atoms with Gasteiger partial charge in [-0.1, -0.05) is 123 Å². The summed E-state index contributed by atoms with van der Waals surface area (Å²) in [6.45, 7) is 35.9. The highest BCUT2D eigenvalue weighted by Crippen LogP contribution is 2.54. The Bertz CT molecular complexity index is 7320. The van der Waals surface area contributed by atoms with Crippen molar-refractivity contribution in [2.75, 3.05) is 41.9 Å². The van der Waals surface area contributed by atoms with Crippen molar-refractivity contribution in [1.82, 2.24) is 115 Å². The highest BCUT2D eigenvalue weighted by Gasteiger charge is 2.42. The molecule has 134 heavy (non-hydrogen) atoms. The summed E-state index contributed by atoms with van der Waals surface area (Å²) < 4.78 is 43.0. The molecule has 18 aromatic rings. The zero-order valence-corrected chi connectivity index (χ0v) is 80.8. The van der Waals surface area contributed by atoms with E-state index in [1.165, 1.54) is 0 Å². The van der Waals surface area contributed by atoms with Crippen molar-refractivity contribution in [2.24, 2.45) is 0 Å². The van der Waals surface area contributed by atoms with Crippen molar-refractivity contribution < 1.29 is 27.4 Å². The van der Waals surface area contributed by atoms with Gasteiger partial charge in [-0.2, -0.15) is 25.5 Å². The van der Waals surface area contributed by atoms with Gasteiger partial charge in [-0.05, 0) is 171 Å². The zero-order valence-electron chi connectivity index (χ0n) is 77.0. The lowest BCUT2D eigenvalue weighted by Gasteiger charge is -2.35. The maximum atomic E-state index is 6.49. The minimum absolute atomic E-state index is 0.0842.